The van der Waals surface area contributed by atoms with Crippen molar-refractivity contribution in [2.24, 2.45) is 5.92 Å². The highest BCUT2D eigenvalue weighted by molar-refractivity contribution is 5.95. The number of likely N-dealkylation sites (tertiary alicyclic amines) is 2. The SMILES string of the molecule is Cc1cc(C(=O)N2CCC3C(CCC(=O)N3CCc3cnc[nH]3)C2)c(C)o1. The van der Waals surface area contributed by atoms with E-state index < -0.39 is 0 Å². The molecule has 27 heavy (non-hydrogen) atoms. The molecule has 7 nitrogen and oxygen atoms in total. The Morgan fingerprint density at radius 3 is 2.93 bits per heavy atom. The number of fused-ring (bicyclic) bond motifs is 1. The summed E-state index contributed by atoms with van der Waals surface area (Å²) in [5, 5.41) is 0. The summed E-state index contributed by atoms with van der Waals surface area (Å²) in [6, 6.07) is 2.05. The van der Waals surface area contributed by atoms with E-state index in [0.29, 0.717) is 43.3 Å². The second-order valence-electron chi connectivity index (χ2n) is 7.65. The summed E-state index contributed by atoms with van der Waals surface area (Å²) < 4.78 is 5.52. The van der Waals surface area contributed by atoms with Crippen molar-refractivity contribution in [2.75, 3.05) is 19.6 Å². The van der Waals surface area contributed by atoms with Gasteiger partial charge in [-0.05, 0) is 38.7 Å². The van der Waals surface area contributed by atoms with E-state index in [4.69, 9.17) is 4.42 Å². The molecule has 0 radical (unpaired) electrons. The number of piperidine rings is 2. The van der Waals surface area contributed by atoms with E-state index >= 15 is 0 Å². The number of nitrogens with zero attached hydrogens (tertiary/aromatic N) is 3. The number of imidazole rings is 1. The highest BCUT2D eigenvalue weighted by atomic mass is 16.3. The summed E-state index contributed by atoms with van der Waals surface area (Å²) in [6.07, 6.45) is 6.52. The summed E-state index contributed by atoms with van der Waals surface area (Å²) in [7, 11) is 0. The number of carbonyl (C=O) groups is 2. The second-order valence-corrected chi connectivity index (χ2v) is 7.65. The fraction of sp³-hybridized carbons (Fsp3) is 0.550. The van der Waals surface area contributed by atoms with Crippen LogP contribution in [0.5, 0.6) is 0 Å². The molecule has 0 aromatic carbocycles. The van der Waals surface area contributed by atoms with Crippen molar-refractivity contribution in [3.8, 4) is 0 Å². The molecule has 2 saturated heterocycles. The first-order valence-corrected chi connectivity index (χ1v) is 9.66. The third-order valence-electron chi connectivity index (χ3n) is 5.88. The van der Waals surface area contributed by atoms with Crippen LogP contribution < -0.4 is 0 Å². The van der Waals surface area contributed by atoms with Gasteiger partial charge in [0.1, 0.15) is 11.5 Å². The monoisotopic (exact) mass is 370 g/mol. The number of H-pyrrole nitrogens is 1. The molecule has 1 N–H and O–H groups in total. The largest absolute Gasteiger partial charge is 0.466 e. The number of hydrogen-bond donors (Lipinski definition) is 1. The van der Waals surface area contributed by atoms with Crippen molar-refractivity contribution < 1.29 is 14.0 Å². The molecule has 2 unspecified atom stereocenters. The number of furan rings is 1. The van der Waals surface area contributed by atoms with E-state index in [-0.39, 0.29) is 17.9 Å². The summed E-state index contributed by atoms with van der Waals surface area (Å²) in [4.78, 5) is 36.5. The molecule has 2 aliphatic rings. The zero-order valence-electron chi connectivity index (χ0n) is 15.9. The molecule has 0 spiro atoms. The van der Waals surface area contributed by atoms with Crippen LogP contribution >= 0.6 is 0 Å². The molecule has 2 atom stereocenters. The van der Waals surface area contributed by atoms with Crippen LogP contribution in [0.15, 0.2) is 23.0 Å². The third-order valence-corrected chi connectivity index (χ3v) is 5.88. The van der Waals surface area contributed by atoms with Crippen molar-refractivity contribution in [1.29, 1.82) is 0 Å². The summed E-state index contributed by atoms with van der Waals surface area (Å²) in [5.41, 5.74) is 1.71. The smallest absolute Gasteiger partial charge is 0.257 e. The van der Waals surface area contributed by atoms with Gasteiger partial charge in [0, 0.05) is 50.4 Å². The van der Waals surface area contributed by atoms with Gasteiger partial charge in [0.2, 0.25) is 5.91 Å². The van der Waals surface area contributed by atoms with Crippen LogP contribution in [0.2, 0.25) is 0 Å². The van der Waals surface area contributed by atoms with Crippen LogP contribution in [0.25, 0.3) is 0 Å². The highest BCUT2D eigenvalue weighted by Gasteiger charge is 2.40. The second kappa shape index (κ2) is 7.21. The Labute approximate surface area is 158 Å². The number of aromatic nitrogens is 2. The molecule has 7 heteroatoms. The molecule has 144 valence electrons. The fourth-order valence-electron chi connectivity index (χ4n) is 4.50. The molecule has 4 rings (SSSR count). The van der Waals surface area contributed by atoms with Gasteiger partial charge in [0.15, 0.2) is 0 Å². The Bertz CT molecular complexity index is 826. The molecular weight excluding hydrogens is 344 g/mol. The molecule has 4 heterocycles. The van der Waals surface area contributed by atoms with Crippen LogP contribution in [-0.2, 0) is 11.2 Å². The Morgan fingerprint density at radius 2 is 2.22 bits per heavy atom. The predicted molar refractivity (Wildman–Crippen MR) is 99.2 cm³/mol. The summed E-state index contributed by atoms with van der Waals surface area (Å²) in [5.74, 6) is 2.06. The van der Waals surface area contributed by atoms with Crippen LogP contribution in [0, 0.1) is 19.8 Å². The fourth-order valence-corrected chi connectivity index (χ4v) is 4.50. The number of carbonyl (C=O) groups excluding carboxylic acids is 2. The van der Waals surface area contributed by atoms with Gasteiger partial charge < -0.3 is 19.2 Å². The number of nitrogens with one attached hydrogen (secondary N) is 1. The Hall–Kier alpha value is -2.57. The number of hydrogen-bond acceptors (Lipinski definition) is 4. The molecule has 2 aromatic rings. The first kappa shape index (κ1) is 17.8. The van der Waals surface area contributed by atoms with Crippen molar-refractivity contribution in [3.05, 3.63) is 41.4 Å². The van der Waals surface area contributed by atoms with Gasteiger partial charge in [0.25, 0.3) is 5.91 Å². The normalized spacial score (nSPS) is 22.8. The predicted octanol–water partition coefficient (Wildman–Crippen LogP) is 2.32. The minimum Gasteiger partial charge on any atom is -0.466 e. The topological polar surface area (TPSA) is 82.4 Å². The maximum atomic E-state index is 12.9. The molecule has 0 aliphatic carbocycles. The number of aromatic amines is 1. The van der Waals surface area contributed by atoms with Crippen molar-refractivity contribution in [1.82, 2.24) is 19.8 Å². The van der Waals surface area contributed by atoms with Gasteiger partial charge >= 0.3 is 0 Å². The maximum absolute atomic E-state index is 12.9. The van der Waals surface area contributed by atoms with Gasteiger partial charge in [-0.15, -0.1) is 0 Å². The van der Waals surface area contributed by atoms with Crippen LogP contribution in [0.4, 0.5) is 0 Å². The lowest BCUT2D eigenvalue weighted by Crippen LogP contribution is -2.57. The van der Waals surface area contributed by atoms with Gasteiger partial charge in [-0.2, -0.15) is 0 Å². The van der Waals surface area contributed by atoms with E-state index in [0.717, 1.165) is 30.7 Å². The lowest BCUT2D eigenvalue weighted by atomic mass is 9.83. The molecule has 2 fully saturated rings. The minimum atomic E-state index is 0.0451. The van der Waals surface area contributed by atoms with Gasteiger partial charge in [0.05, 0.1) is 11.9 Å². The van der Waals surface area contributed by atoms with E-state index in [1.807, 2.05) is 35.9 Å². The van der Waals surface area contributed by atoms with E-state index in [1.54, 1.807) is 6.33 Å². The molecule has 2 aromatic heterocycles. The zero-order valence-corrected chi connectivity index (χ0v) is 15.9. The van der Waals surface area contributed by atoms with Gasteiger partial charge in [-0.25, -0.2) is 4.98 Å². The quantitative estimate of drug-likeness (QED) is 0.895. The molecule has 2 aliphatic heterocycles. The zero-order chi connectivity index (χ0) is 19.0. The number of rotatable bonds is 4. The number of aryl methyl sites for hydroxylation is 2. The van der Waals surface area contributed by atoms with Crippen LogP contribution in [0.1, 0.15) is 46.8 Å². The van der Waals surface area contributed by atoms with Crippen molar-refractivity contribution >= 4 is 11.8 Å². The average Bonchev–Trinajstić information content (AvgIpc) is 3.29. The first-order chi connectivity index (χ1) is 13.0. The van der Waals surface area contributed by atoms with Crippen molar-refractivity contribution in [3.63, 3.8) is 0 Å². The third kappa shape index (κ3) is 3.50. The average molecular weight is 370 g/mol. The minimum absolute atomic E-state index is 0.0451. The highest BCUT2D eigenvalue weighted by Crippen LogP contribution is 2.32. The molecule has 0 saturated carbocycles. The Kier molecular flexibility index (Phi) is 4.76. The Morgan fingerprint density at radius 1 is 1.37 bits per heavy atom. The molecule has 0 bridgehead atoms. The first-order valence-electron chi connectivity index (χ1n) is 9.66. The Balaban J connectivity index is 1.43. The van der Waals surface area contributed by atoms with E-state index in [1.165, 1.54) is 0 Å². The molecule has 2 amide bonds. The van der Waals surface area contributed by atoms with E-state index in [9.17, 15) is 9.59 Å². The van der Waals surface area contributed by atoms with E-state index in [2.05, 4.69) is 9.97 Å². The van der Waals surface area contributed by atoms with Gasteiger partial charge in [-0.1, -0.05) is 0 Å². The summed E-state index contributed by atoms with van der Waals surface area (Å²) >= 11 is 0. The van der Waals surface area contributed by atoms with Crippen LogP contribution in [-0.4, -0.2) is 57.3 Å². The lowest BCUT2D eigenvalue weighted by Gasteiger charge is -2.47. The molecular formula is C20H26N4O3. The van der Waals surface area contributed by atoms with Crippen LogP contribution in [0.3, 0.4) is 0 Å². The maximum Gasteiger partial charge on any atom is 0.257 e. The van der Waals surface area contributed by atoms with Crippen molar-refractivity contribution in [2.45, 2.75) is 45.6 Å². The lowest BCUT2D eigenvalue weighted by molar-refractivity contribution is -0.140. The standard InChI is InChI=1S/C20H26N4O3/c1-13-9-17(14(2)27-13)20(26)23-7-6-18-15(11-23)3-4-19(25)24(18)8-5-16-10-21-12-22-16/h9-10,12,15,18H,3-8,11H2,1-2H3,(H,21,22). The number of amides is 2. The van der Waals surface area contributed by atoms with Gasteiger partial charge in [-0.3, -0.25) is 9.59 Å². The summed E-state index contributed by atoms with van der Waals surface area (Å²) in [6.45, 7) is 5.79.